The van der Waals surface area contributed by atoms with Crippen molar-refractivity contribution in [1.82, 2.24) is 15.1 Å². The summed E-state index contributed by atoms with van der Waals surface area (Å²) in [6, 6.07) is 0.864. The van der Waals surface area contributed by atoms with Crippen LogP contribution in [-0.4, -0.2) is 40.8 Å². The minimum absolute atomic E-state index is 0.189. The number of aromatic amines is 1. The van der Waals surface area contributed by atoms with Crippen LogP contribution >= 0.6 is 15.9 Å². The Bertz CT molecular complexity index is 485. The zero-order chi connectivity index (χ0) is 12.5. The van der Waals surface area contributed by atoms with E-state index in [1.165, 1.54) is 32.4 Å². The smallest absolute Gasteiger partial charge is 0.280 e. The first-order valence-electron chi connectivity index (χ1n) is 6.45. The van der Waals surface area contributed by atoms with Crippen molar-refractivity contribution < 1.29 is 0 Å². The quantitative estimate of drug-likeness (QED) is 0.883. The molecule has 6 heteroatoms. The normalized spacial score (nSPS) is 24.4. The molecule has 98 valence electrons. The Morgan fingerprint density at radius 1 is 1.50 bits per heavy atom. The lowest BCUT2D eigenvalue weighted by atomic mass is 10.1. The summed E-state index contributed by atoms with van der Waals surface area (Å²) in [5.41, 5.74) is 0.592. The minimum atomic E-state index is -0.189. The molecular formula is C12H17BrN4O. The third kappa shape index (κ3) is 2.59. The van der Waals surface area contributed by atoms with Gasteiger partial charge < -0.3 is 10.2 Å². The Morgan fingerprint density at radius 2 is 2.33 bits per heavy atom. The van der Waals surface area contributed by atoms with E-state index in [2.05, 4.69) is 36.3 Å². The lowest BCUT2D eigenvalue weighted by Gasteiger charge is -2.15. The Labute approximate surface area is 114 Å². The molecule has 2 heterocycles. The van der Waals surface area contributed by atoms with E-state index >= 15 is 0 Å². The molecule has 1 aliphatic heterocycles. The van der Waals surface area contributed by atoms with Crippen LogP contribution in [-0.2, 0) is 0 Å². The van der Waals surface area contributed by atoms with Gasteiger partial charge in [-0.1, -0.05) is 0 Å². The number of rotatable bonds is 4. The summed E-state index contributed by atoms with van der Waals surface area (Å²) in [6.07, 6.45) is 5.66. The van der Waals surface area contributed by atoms with E-state index in [0.717, 1.165) is 18.3 Å². The number of hydrogen-bond acceptors (Lipinski definition) is 4. The summed E-state index contributed by atoms with van der Waals surface area (Å²) in [5.74, 6) is 0.678. The van der Waals surface area contributed by atoms with E-state index in [9.17, 15) is 4.79 Å². The van der Waals surface area contributed by atoms with Crippen LogP contribution in [0.2, 0.25) is 0 Å². The van der Waals surface area contributed by atoms with Crippen LogP contribution in [0.1, 0.15) is 19.3 Å². The summed E-state index contributed by atoms with van der Waals surface area (Å²) in [4.78, 5) is 14.0. The van der Waals surface area contributed by atoms with Crippen molar-refractivity contribution in [2.24, 2.45) is 5.92 Å². The SMILES string of the molecule is O=c1[nH]ncc(NCC2CCN(C3CC3)C2)c1Br. The van der Waals surface area contributed by atoms with Crippen LogP contribution in [0, 0.1) is 5.92 Å². The molecule has 1 aromatic heterocycles. The average Bonchev–Trinajstić information content (AvgIpc) is 3.11. The van der Waals surface area contributed by atoms with Crippen molar-refractivity contribution in [2.45, 2.75) is 25.3 Å². The van der Waals surface area contributed by atoms with Crippen LogP contribution in [0.3, 0.4) is 0 Å². The molecular weight excluding hydrogens is 296 g/mol. The molecule has 2 fully saturated rings. The molecule has 0 spiro atoms. The van der Waals surface area contributed by atoms with E-state index in [-0.39, 0.29) is 5.56 Å². The predicted molar refractivity (Wildman–Crippen MR) is 73.7 cm³/mol. The number of likely N-dealkylation sites (tertiary alicyclic amines) is 1. The number of hydrogen-bond donors (Lipinski definition) is 2. The van der Waals surface area contributed by atoms with Crippen LogP contribution in [0.5, 0.6) is 0 Å². The highest BCUT2D eigenvalue weighted by Gasteiger charge is 2.34. The first-order chi connectivity index (χ1) is 8.74. The fraction of sp³-hybridized carbons (Fsp3) is 0.667. The van der Waals surface area contributed by atoms with Crippen molar-refractivity contribution in [3.05, 3.63) is 21.0 Å². The molecule has 5 nitrogen and oxygen atoms in total. The molecule has 1 atom stereocenters. The third-order valence-electron chi connectivity index (χ3n) is 3.76. The molecule has 1 saturated carbocycles. The molecule has 1 aliphatic carbocycles. The molecule has 3 rings (SSSR count). The second-order valence-corrected chi connectivity index (χ2v) is 5.98. The zero-order valence-corrected chi connectivity index (χ0v) is 11.7. The predicted octanol–water partition coefficient (Wildman–Crippen LogP) is 1.43. The Balaban J connectivity index is 1.55. The van der Waals surface area contributed by atoms with E-state index in [1.807, 2.05) is 0 Å². The maximum atomic E-state index is 11.4. The van der Waals surface area contributed by atoms with Gasteiger partial charge >= 0.3 is 0 Å². The van der Waals surface area contributed by atoms with Gasteiger partial charge in [0.25, 0.3) is 5.56 Å². The molecule has 0 amide bonds. The number of nitrogens with one attached hydrogen (secondary N) is 2. The van der Waals surface area contributed by atoms with Gasteiger partial charge in [-0.2, -0.15) is 5.10 Å². The van der Waals surface area contributed by atoms with Gasteiger partial charge in [0.1, 0.15) is 4.47 Å². The Hall–Kier alpha value is -0.880. The van der Waals surface area contributed by atoms with Crippen molar-refractivity contribution in [3.8, 4) is 0 Å². The number of anilines is 1. The Kier molecular flexibility index (Phi) is 3.39. The lowest BCUT2D eigenvalue weighted by molar-refractivity contribution is 0.316. The molecule has 0 radical (unpaired) electrons. The lowest BCUT2D eigenvalue weighted by Crippen LogP contribution is -2.25. The monoisotopic (exact) mass is 312 g/mol. The van der Waals surface area contributed by atoms with Crippen molar-refractivity contribution >= 4 is 21.6 Å². The van der Waals surface area contributed by atoms with E-state index in [1.54, 1.807) is 6.20 Å². The topological polar surface area (TPSA) is 61.0 Å². The van der Waals surface area contributed by atoms with Crippen LogP contribution in [0.25, 0.3) is 0 Å². The molecule has 0 bridgehead atoms. The van der Waals surface area contributed by atoms with Gasteiger partial charge in [0, 0.05) is 19.1 Å². The summed E-state index contributed by atoms with van der Waals surface area (Å²) < 4.78 is 0.537. The highest BCUT2D eigenvalue weighted by Crippen LogP contribution is 2.31. The van der Waals surface area contributed by atoms with Gasteiger partial charge in [-0.05, 0) is 47.7 Å². The molecule has 2 N–H and O–H groups in total. The molecule has 1 aromatic rings. The summed E-state index contributed by atoms with van der Waals surface area (Å²) >= 11 is 3.28. The first kappa shape index (κ1) is 12.2. The number of H-pyrrole nitrogens is 1. The van der Waals surface area contributed by atoms with E-state index in [0.29, 0.717) is 10.4 Å². The fourth-order valence-corrected chi connectivity index (χ4v) is 2.89. The van der Waals surface area contributed by atoms with Crippen molar-refractivity contribution in [3.63, 3.8) is 0 Å². The highest BCUT2D eigenvalue weighted by atomic mass is 79.9. The van der Waals surface area contributed by atoms with Gasteiger partial charge in [-0.25, -0.2) is 5.10 Å². The van der Waals surface area contributed by atoms with Crippen molar-refractivity contribution in [1.29, 1.82) is 0 Å². The third-order valence-corrected chi connectivity index (χ3v) is 4.54. The molecule has 18 heavy (non-hydrogen) atoms. The number of halogens is 1. The van der Waals surface area contributed by atoms with E-state index < -0.39 is 0 Å². The second-order valence-electron chi connectivity index (χ2n) is 5.19. The second kappa shape index (κ2) is 5.01. The number of aromatic nitrogens is 2. The maximum absolute atomic E-state index is 11.4. The summed E-state index contributed by atoms with van der Waals surface area (Å²) in [5, 5.41) is 9.52. The maximum Gasteiger partial charge on any atom is 0.280 e. The van der Waals surface area contributed by atoms with Gasteiger partial charge in [-0.3, -0.25) is 4.79 Å². The average molecular weight is 313 g/mol. The summed E-state index contributed by atoms with van der Waals surface area (Å²) in [7, 11) is 0. The van der Waals surface area contributed by atoms with E-state index in [4.69, 9.17) is 0 Å². The molecule has 1 unspecified atom stereocenters. The molecule has 0 aromatic carbocycles. The van der Waals surface area contributed by atoms with Crippen LogP contribution < -0.4 is 10.9 Å². The van der Waals surface area contributed by atoms with Gasteiger partial charge in [-0.15, -0.1) is 0 Å². The first-order valence-corrected chi connectivity index (χ1v) is 7.24. The van der Waals surface area contributed by atoms with Gasteiger partial charge in [0.05, 0.1) is 11.9 Å². The van der Waals surface area contributed by atoms with Crippen LogP contribution in [0.4, 0.5) is 5.69 Å². The molecule has 1 saturated heterocycles. The number of nitrogens with zero attached hydrogens (tertiary/aromatic N) is 2. The fourth-order valence-electron chi connectivity index (χ4n) is 2.56. The standard InChI is InChI=1S/C12H17BrN4O/c13-11-10(6-15-16-12(11)18)14-5-8-3-4-17(7-8)9-1-2-9/h6,8-9H,1-5,7H2,(H2,14,16,18). The van der Waals surface area contributed by atoms with Gasteiger partial charge in [0.15, 0.2) is 0 Å². The minimum Gasteiger partial charge on any atom is -0.382 e. The van der Waals surface area contributed by atoms with Crippen LogP contribution in [0.15, 0.2) is 15.5 Å². The highest BCUT2D eigenvalue weighted by molar-refractivity contribution is 9.10. The largest absolute Gasteiger partial charge is 0.382 e. The summed E-state index contributed by atoms with van der Waals surface area (Å²) in [6.45, 7) is 3.32. The molecule has 2 aliphatic rings. The van der Waals surface area contributed by atoms with Gasteiger partial charge in [0.2, 0.25) is 0 Å². The zero-order valence-electron chi connectivity index (χ0n) is 10.2. The van der Waals surface area contributed by atoms with Crippen molar-refractivity contribution in [2.75, 3.05) is 25.0 Å². The Morgan fingerprint density at radius 3 is 3.11 bits per heavy atom.